The van der Waals surface area contributed by atoms with Crippen LogP contribution >= 0.6 is 0 Å². The molecule has 0 atom stereocenters. The molecule has 2 aromatic rings. The third-order valence-corrected chi connectivity index (χ3v) is 4.43. The maximum atomic E-state index is 13.6. The molecular weight excluding hydrogens is 303 g/mol. The fraction of sp³-hybridized carbons (Fsp3) is 0.350. The summed E-state index contributed by atoms with van der Waals surface area (Å²) in [5, 5.41) is 2.89. The SMILES string of the molecule is CCCN1CCc2ccc(NC(=O)Cc3ccccc3F)cc2C1. The van der Waals surface area contributed by atoms with Crippen molar-refractivity contribution in [1.82, 2.24) is 4.90 Å². The van der Waals surface area contributed by atoms with Crippen LogP contribution in [0.25, 0.3) is 0 Å². The molecule has 1 aliphatic rings. The van der Waals surface area contributed by atoms with E-state index in [1.165, 1.54) is 17.2 Å². The van der Waals surface area contributed by atoms with Gasteiger partial charge in [-0.1, -0.05) is 31.2 Å². The van der Waals surface area contributed by atoms with Gasteiger partial charge < -0.3 is 5.32 Å². The molecule has 1 heterocycles. The lowest BCUT2D eigenvalue weighted by Crippen LogP contribution is -2.31. The highest BCUT2D eigenvalue weighted by Crippen LogP contribution is 2.23. The number of hydrogen-bond donors (Lipinski definition) is 1. The van der Waals surface area contributed by atoms with Crippen LogP contribution in [0.3, 0.4) is 0 Å². The fourth-order valence-corrected chi connectivity index (χ4v) is 3.22. The van der Waals surface area contributed by atoms with Gasteiger partial charge in [0.25, 0.3) is 0 Å². The van der Waals surface area contributed by atoms with E-state index >= 15 is 0 Å². The number of fused-ring (bicyclic) bond motifs is 1. The van der Waals surface area contributed by atoms with Crippen molar-refractivity contribution in [3.8, 4) is 0 Å². The minimum atomic E-state index is -0.340. The summed E-state index contributed by atoms with van der Waals surface area (Å²) in [4.78, 5) is 14.6. The Bertz CT molecular complexity index is 729. The van der Waals surface area contributed by atoms with Crippen LogP contribution in [0.2, 0.25) is 0 Å². The molecule has 0 saturated carbocycles. The quantitative estimate of drug-likeness (QED) is 0.907. The Balaban J connectivity index is 1.66. The van der Waals surface area contributed by atoms with Gasteiger partial charge in [0.15, 0.2) is 0 Å². The molecule has 24 heavy (non-hydrogen) atoms. The highest BCUT2D eigenvalue weighted by atomic mass is 19.1. The summed E-state index contributed by atoms with van der Waals surface area (Å²) < 4.78 is 13.6. The van der Waals surface area contributed by atoms with Crippen molar-refractivity contribution >= 4 is 11.6 Å². The third kappa shape index (κ3) is 4.01. The van der Waals surface area contributed by atoms with Gasteiger partial charge in [-0.3, -0.25) is 9.69 Å². The van der Waals surface area contributed by atoms with Gasteiger partial charge in [0.2, 0.25) is 5.91 Å². The van der Waals surface area contributed by atoms with Crippen molar-refractivity contribution in [1.29, 1.82) is 0 Å². The molecule has 126 valence electrons. The molecular formula is C20H23FN2O. The molecule has 0 radical (unpaired) electrons. The zero-order chi connectivity index (χ0) is 16.9. The van der Waals surface area contributed by atoms with Crippen molar-refractivity contribution < 1.29 is 9.18 Å². The molecule has 4 heteroatoms. The number of amides is 1. The maximum absolute atomic E-state index is 13.6. The second-order valence-electron chi connectivity index (χ2n) is 6.33. The van der Waals surface area contributed by atoms with Gasteiger partial charge in [0.1, 0.15) is 5.82 Å². The Hall–Kier alpha value is -2.20. The lowest BCUT2D eigenvalue weighted by Gasteiger charge is -2.28. The van der Waals surface area contributed by atoms with Crippen molar-refractivity contribution in [2.24, 2.45) is 0 Å². The average Bonchev–Trinajstić information content (AvgIpc) is 2.57. The summed E-state index contributed by atoms with van der Waals surface area (Å²) in [5.41, 5.74) is 3.84. The lowest BCUT2D eigenvalue weighted by molar-refractivity contribution is -0.115. The van der Waals surface area contributed by atoms with Crippen LogP contribution in [0.4, 0.5) is 10.1 Å². The molecule has 0 bridgehead atoms. The molecule has 1 amide bonds. The molecule has 2 aromatic carbocycles. The van der Waals surface area contributed by atoms with Gasteiger partial charge in [0, 0.05) is 18.8 Å². The number of rotatable bonds is 5. The smallest absolute Gasteiger partial charge is 0.228 e. The summed E-state index contributed by atoms with van der Waals surface area (Å²) >= 11 is 0. The second-order valence-corrected chi connectivity index (χ2v) is 6.33. The molecule has 0 spiro atoms. The Morgan fingerprint density at radius 2 is 2.04 bits per heavy atom. The first-order valence-corrected chi connectivity index (χ1v) is 8.53. The molecule has 0 saturated heterocycles. The monoisotopic (exact) mass is 326 g/mol. The van der Waals surface area contributed by atoms with E-state index in [1.54, 1.807) is 18.2 Å². The number of anilines is 1. The maximum Gasteiger partial charge on any atom is 0.228 e. The van der Waals surface area contributed by atoms with E-state index in [4.69, 9.17) is 0 Å². The fourth-order valence-electron chi connectivity index (χ4n) is 3.22. The van der Waals surface area contributed by atoms with Crippen LogP contribution < -0.4 is 5.32 Å². The Morgan fingerprint density at radius 3 is 2.83 bits per heavy atom. The van der Waals surface area contributed by atoms with Crippen LogP contribution in [0, 0.1) is 5.82 Å². The van der Waals surface area contributed by atoms with Crippen LogP contribution in [-0.4, -0.2) is 23.9 Å². The minimum Gasteiger partial charge on any atom is -0.326 e. The molecule has 0 aliphatic carbocycles. The highest BCUT2D eigenvalue weighted by molar-refractivity contribution is 5.92. The number of nitrogens with zero attached hydrogens (tertiary/aromatic N) is 1. The van der Waals surface area contributed by atoms with Crippen molar-refractivity contribution in [2.75, 3.05) is 18.4 Å². The van der Waals surface area contributed by atoms with Crippen LogP contribution in [0.1, 0.15) is 30.0 Å². The summed E-state index contributed by atoms with van der Waals surface area (Å²) in [7, 11) is 0. The molecule has 1 N–H and O–H groups in total. The minimum absolute atomic E-state index is 0.0473. The average molecular weight is 326 g/mol. The van der Waals surface area contributed by atoms with Crippen LogP contribution in [-0.2, 0) is 24.2 Å². The standard InChI is InChI=1S/C20H23FN2O/c1-2-10-23-11-9-15-7-8-18(12-17(15)14-23)22-20(24)13-16-5-3-4-6-19(16)21/h3-8,12H,2,9-11,13-14H2,1H3,(H,22,24). The summed E-state index contributed by atoms with van der Waals surface area (Å²) in [6.07, 6.45) is 2.25. The van der Waals surface area contributed by atoms with E-state index in [-0.39, 0.29) is 18.1 Å². The van der Waals surface area contributed by atoms with Gasteiger partial charge in [-0.05, 0) is 54.3 Å². The van der Waals surface area contributed by atoms with Gasteiger partial charge in [-0.15, -0.1) is 0 Å². The first-order chi connectivity index (χ1) is 11.7. The zero-order valence-corrected chi connectivity index (χ0v) is 14.0. The molecule has 0 unspecified atom stereocenters. The third-order valence-electron chi connectivity index (χ3n) is 4.43. The van der Waals surface area contributed by atoms with E-state index in [2.05, 4.69) is 29.3 Å². The summed E-state index contributed by atoms with van der Waals surface area (Å²) in [5.74, 6) is -0.533. The van der Waals surface area contributed by atoms with Gasteiger partial charge in [-0.2, -0.15) is 0 Å². The molecule has 3 rings (SSSR count). The van der Waals surface area contributed by atoms with E-state index in [0.717, 1.165) is 38.2 Å². The predicted molar refractivity (Wildman–Crippen MR) is 94.4 cm³/mol. The number of benzene rings is 2. The number of carbonyl (C=O) groups is 1. The Morgan fingerprint density at radius 1 is 1.21 bits per heavy atom. The zero-order valence-electron chi connectivity index (χ0n) is 14.0. The largest absolute Gasteiger partial charge is 0.326 e. The van der Waals surface area contributed by atoms with Gasteiger partial charge in [0.05, 0.1) is 6.42 Å². The van der Waals surface area contributed by atoms with E-state index < -0.39 is 0 Å². The van der Waals surface area contributed by atoms with E-state index in [0.29, 0.717) is 5.56 Å². The summed E-state index contributed by atoms with van der Waals surface area (Å²) in [6.45, 7) is 5.32. The van der Waals surface area contributed by atoms with Crippen LogP contribution in [0.15, 0.2) is 42.5 Å². The number of nitrogens with one attached hydrogen (secondary N) is 1. The molecule has 0 aromatic heterocycles. The topological polar surface area (TPSA) is 32.3 Å². The first-order valence-electron chi connectivity index (χ1n) is 8.53. The van der Waals surface area contributed by atoms with Gasteiger partial charge >= 0.3 is 0 Å². The van der Waals surface area contributed by atoms with E-state index in [1.807, 2.05) is 6.07 Å². The Kier molecular flexibility index (Phi) is 5.26. The predicted octanol–water partition coefficient (Wildman–Crippen LogP) is 3.78. The van der Waals surface area contributed by atoms with Crippen molar-refractivity contribution in [2.45, 2.75) is 32.7 Å². The lowest BCUT2D eigenvalue weighted by atomic mass is 9.99. The van der Waals surface area contributed by atoms with E-state index in [9.17, 15) is 9.18 Å². The van der Waals surface area contributed by atoms with Gasteiger partial charge in [-0.25, -0.2) is 4.39 Å². The van der Waals surface area contributed by atoms with Crippen molar-refractivity contribution in [3.05, 3.63) is 65.0 Å². The second kappa shape index (κ2) is 7.58. The van der Waals surface area contributed by atoms with Crippen LogP contribution in [0.5, 0.6) is 0 Å². The number of carbonyl (C=O) groups excluding carboxylic acids is 1. The van der Waals surface area contributed by atoms with Crippen molar-refractivity contribution in [3.63, 3.8) is 0 Å². The Labute approximate surface area is 142 Å². The normalized spacial score (nSPS) is 14.2. The molecule has 1 aliphatic heterocycles. The number of hydrogen-bond acceptors (Lipinski definition) is 2. The number of halogens is 1. The summed E-state index contributed by atoms with van der Waals surface area (Å²) in [6, 6.07) is 12.5. The molecule has 0 fully saturated rings. The molecule has 3 nitrogen and oxygen atoms in total. The first kappa shape index (κ1) is 16.7. The highest BCUT2D eigenvalue weighted by Gasteiger charge is 2.16.